The summed E-state index contributed by atoms with van der Waals surface area (Å²) in [5.74, 6) is 6.32. The van der Waals surface area contributed by atoms with Gasteiger partial charge in [0.25, 0.3) is 0 Å². The van der Waals surface area contributed by atoms with Crippen molar-refractivity contribution in [2.75, 3.05) is 12.0 Å². The monoisotopic (exact) mass is 178 g/mol. The maximum Gasteiger partial charge on any atom is 0.123 e. The molecule has 3 nitrogen and oxygen atoms in total. The Balaban J connectivity index is 2.50. The summed E-state index contributed by atoms with van der Waals surface area (Å²) >= 11 is 0. The minimum atomic E-state index is 0.0994. The zero-order valence-electron chi connectivity index (χ0n) is 7.92. The SMILES string of the molecule is CC1(C)COc2ccc(NN)cc21. The summed E-state index contributed by atoms with van der Waals surface area (Å²) in [6.45, 7) is 5.08. The van der Waals surface area contributed by atoms with Crippen molar-refractivity contribution in [2.24, 2.45) is 5.84 Å². The van der Waals surface area contributed by atoms with E-state index in [4.69, 9.17) is 10.6 Å². The van der Waals surface area contributed by atoms with Gasteiger partial charge in [-0.1, -0.05) is 13.8 Å². The van der Waals surface area contributed by atoms with Crippen LogP contribution in [-0.2, 0) is 5.41 Å². The van der Waals surface area contributed by atoms with Crippen molar-refractivity contribution >= 4 is 5.69 Å². The lowest BCUT2D eigenvalue weighted by molar-refractivity contribution is 0.291. The predicted molar refractivity (Wildman–Crippen MR) is 52.8 cm³/mol. The Morgan fingerprint density at radius 3 is 2.92 bits per heavy atom. The highest BCUT2D eigenvalue weighted by molar-refractivity contribution is 5.54. The van der Waals surface area contributed by atoms with E-state index in [9.17, 15) is 0 Å². The molecule has 70 valence electrons. The number of hydrogen-bond donors (Lipinski definition) is 2. The third-order valence-corrected chi connectivity index (χ3v) is 2.46. The van der Waals surface area contributed by atoms with Crippen LogP contribution in [-0.4, -0.2) is 6.61 Å². The van der Waals surface area contributed by atoms with Crippen LogP contribution in [0.5, 0.6) is 5.75 Å². The average Bonchev–Trinajstić information content (AvgIpc) is 2.42. The van der Waals surface area contributed by atoms with E-state index in [2.05, 4.69) is 19.3 Å². The molecule has 3 N–H and O–H groups in total. The van der Waals surface area contributed by atoms with Crippen molar-refractivity contribution in [3.05, 3.63) is 23.8 Å². The molecular formula is C10H14N2O. The van der Waals surface area contributed by atoms with Gasteiger partial charge in [0, 0.05) is 16.7 Å². The number of hydrogen-bond acceptors (Lipinski definition) is 3. The van der Waals surface area contributed by atoms with Gasteiger partial charge in [0.15, 0.2) is 0 Å². The molecule has 0 aliphatic carbocycles. The molecule has 0 saturated heterocycles. The van der Waals surface area contributed by atoms with Gasteiger partial charge in [0.2, 0.25) is 0 Å². The number of hydrazine groups is 1. The first-order valence-corrected chi connectivity index (χ1v) is 4.37. The summed E-state index contributed by atoms with van der Waals surface area (Å²) in [6, 6.07) is 5.92. The molecule has 0 bridgehead atoms. The van der Waals surface area contributed by atoms with Crippen molar-refractivity contribution in [1.82, 2.24) is 0 Å². The van der Waals surface area contributed by atoms with E-state index >= 15 is 0 Å². The highest BCUT2D eigenvalue weighted by Crippen LogP contribution is 2.39. The van der Waals surface area contributed by atoms with Gasteiger partial charge in [-0.2, -0.15) is 0 Å². The Bertz CT molecular complexity index is 334. The van der Waals surface area contributed by atoms with Gasteiger partial charge < -0.3 is 10.2 Å². The first-order chi connectivity index (χ1) is 6.13. The zero-order valence-corrected chi connectivity index (χ0v) is 7.92. The lowest BCUT2D eigenvalue weighted by Crippen LogP contribution is -2.18. The number of nitrogen functional groups attached to an aromatic ring is 1. The van der Waals surface area contributed by atoms with E-state index in [1.807, 2.05) is 18.2 Å². The normalized spacial score (nSPS) is 17.8. The average molecular weight is 178 g/mol. The van der Waals surface area contributed by atoms with Gasteiger partial charge in [0.1, 0.15) is 5.75 Å². The number of fused-ring (bicyclic) bond motifs is 1. The standard InChI is InChI=1S/C10H14N2O/c1-10(2)6-13-9-4-3-7(12-11)5-8(9)10/h3-5,12H,6,11H2,1-2H3. The van der Waals surface area contributed by atoms with Crippen LogP contribution >= 0.6 is 0 Å². The molecule has 1 aliphatic rings. The zero-order chi connectivity index (χ0) is 9.47. The van der Waals surface area contributed by atoms with Gasteiger partial charge in [-0.25, -0.2) is 0 Å². The Hall–Kier alpha value is -1.22. The van der Waals surface area contributed by atoms with Crippen LogP contribution in [0.1, 0.15) is 19.4 Å². The minimum absolute atomic E-state index is 0.0994. The molecule has 1 aromatic carbocycles. The van der Waals surface area contributed by atoms with Crippen molar-refractivity contribution < 1.29 is 4.74 Å². The van der Waals surface area contributed by atoms with Crippen molar-refractivity contribution in [2.45, 2.75) is 19.3 Å². The molecule has 0 aromatic heterocycles. The second kappa shape index (κ2) is 2.64. The molecule has 0 radical (unpaired) electrons. The molecule has 1 aromatic rings. The molecule has 2 rings (SSSR count). The number of benzene rings is 1. The fourth-order valence-corrected chi connectivity index (χ4v) is 1.61. The van der Waals surface area contributed by atoms with Crippen LogP contribution < -0.4 is 16.0 Å². The van der Waals surface area contributed by atoms with E-state index in [1.165, 1.54) is 5.56 Å². The topological polar surface area (TPSA) is 47.3 Å². The first-order valence-electron chi connectivity index (χ1n) is 4.37. The van der Waals surface area contributed by atoms with Crippen LogP contribution in [0.3, 0.4) is 0 Å². The Morgan fingerprint density at radius 1 is 1.46 bits per heavy atom. The molecule has 1 heterocycles. The van der Waals surface area contributed by atoms with E-state index in [0.29, 0.717) is 0 Å². The molecule has 1 aliphatic heterocycles. The maximum absolute atomic E-state index is 5.54. The molecule has 0 atom stereocenters. The van der Waals surface area contributed by atoms with Crippen LogP contribution in [0.25, 0.3) is 0 Å². The van der Waals surface area contributed by atoms with E-state index in [-0.39, 0.29) is 5.41 Å². The van der Waals surface area contributed by atoms with Gasteiger partial charge in [-0.3, -0.25) is 5.84 Å². The van der Waals surface area contributed by atoms with Gasteiger partial charge >= 0.3 is 0 Å². The quantitative estimate of drug-likeness (QED) is 0.507. The molecule has 0 fully saturated rings. The molecule has 0 spiro atoms. The second-order valence-corrected chi connectivity index (χ2v) is 4.03. The number of rotatable bonds is 1. The fourth-order valence-electron chi connectivity index (χ4n) is 1.61. The summed E-state index contributed by atoms with van der Waals surface area (Å²) in [4.78, 5) is 0. The number of anilines is 1. The summed E-state index contributed by atoms with van der Waals surface area (Å²) < 4.78 is 5.54. The number of nitrogens with one attached hydrogen (secondary N) is 1. The third-order valence-electron chi connectivity index (χ3n) is 2.46. The van der Waals surface area contributed by atoms with E-state index in [1.54, 1.807) is 0 Å². The molecule has 13 heavy (non-hydrogen) atoms. The van der Waals surface area contributed by atoms with Crippen molar-refractivity contribution in [1.29, 1.82) is 0 Å². The number of ether oxygens (including phenoxy) is 1. The molecule has 3 heteroatoms. The molecule has 0 amide bonds. The van der Waals surface area contributed by atoms with Crippen LogP contribution in [0, 0.1) is 0 Å². The number of nitrogens with two attached hydrogens (primary N) is 1. The van der Waals surface area contributed by atoms with Crippen LogP contribution in [0.2, 0.25) is 0 Å². The Morgan fingerprint density at radius 2 is 2.23 bits per heavy atom. The Labute approximate surface area is 77.9 Å². The third kappa shape index (κ3) is 1.25. The maximum atomic E-state index is 5.54. The lowest BCUT2D eigenvalue weighted by atomic mass is 9.87. The minimum Gasteiger partial charge on any atom is -0.492 e. The second-order valence-electron chi connectivity index (χ2n) is 4.03. The van der Waals surface area contributed by atoms with Crippen LogP contribution in [0.15, 0.2) is 18.2 Å². The highest BCUT2D eigenvalue weighted by atomic mass is 16.5. The summed E-state index contributed by atoms with van der Waals surface area (Å²) in [5.41, 5.74) is 4.89. The summed E-state index contributed by atoms with van der Waals surface area (Å²) in [5, 5.41) is 0. The van der Waals surface area contributed by atoms with Crippen LogP contribution in [0.4, 0.5) is 5.69 Å². The van der Waals surface area contributed by atoms with E-state index < -0.39 is 0 Å². The first kappa shape index (κ1) is 8.38. The van der Waals surface area contributed by atoms with Gasteiger partial charge in [-0.05, 0) is 18.2 Å². The molecule has 0 saturated carbocycles. The summed E-state index contributed by atoms with van der Waals surface area (Å²) in [6.07, 6.45) is 0. The van der Waals surface area contributed by atoms with Crippen molar-refractivity contribution in [3.63, 3.8) is 0 Å². The molecular weight excluding hydrogens is 164 g/mol. The Kier molecular flexibility index (Phi) is 1.70. The predicted octanol–water partition coefficient (Wildman–Crippen LogP) is 1.64. The molecule has 0 unspecified atom stereocenters. The van der Waals surface area contributed by atoms with Gasteiger partial charge in [-0.15, -0.1) is 0 Å². The summed E-state index contributed by atoms with van der Waals surface area (Å²) in [7, 11) is 0. The van der Waals surface area contributed by atoms with Gasteiger partial charge in [0.05, 0.1) is 6.61 Å². The largest absolute Gasteiger partial charge is 0.492 e. The smallest absolute Gasteiger partial charge is 0.123 e. The highest BCUT2D eigenvalue weighted by Gasteiger charge is 2.31. The van der Waals surface area contributed by atoms with E-state index in [0.717, 1.165) is 18.0 Å². The fraction of sp³-hybridized carbons (Fsp3) is 0.400. The van der Waals surface area contributed by atoms with Crippen molar-refractivity contribution in [3.8, 4) is 5.75 Å². The lowest BCUT2D eigenvalue weighted by Gasteiger charge is -2.15.